The molecule has 1 N–H and O–H groups in total. The average Bonchev–Trinajstić information content (AvgIpc) is 2.62. The summed E-state index contributed by atoms with van der Waals surface area (Å²) in [5, 5.41) is 3.11. The second-order valence-electron chi connectivity index (χ2n) is 6.98. The number of piperidine rings is 1. The Morgan fingerprint density at radius 2 is 2.00 bits per heavy atom. The summed E-state index contributed by atoms with van der Waals surface area (Å²) in [4.78, 5) is 28.1. The third kappa shape index (κ3) is 4.43. The van der Waals surface area contributed by atoms with Crippen LogP contribution in [0.3, 0.4) is 0 Å². The molecule has 1 fully saturated rings. The van der Waals surface area contributed by atoms with Gasteiger partial charge in [-0.25, -0.2) is 9.97 Å². The van der Waals surface area contributed by atoms with Gasteiger partial charge < -0.3 is 5.32 Å². The van der Waals surface area contributed by atoms with Crippen molar-refractivity contribution in [3.8, 4) is 0 Å². The lowest BCUT2D eigenvalue weighted by atomic mass is 10.0. The number of carbonyl (C=O) groups excluding carboxylic acids is 1. The van der Waals surface area contributed by atoms with E-state index in [-0.39, 0.29) is 11.9 Å². The van der Waals surface area contributed by atoms with Gasteiger partial charge in [0.2, 0.25) is 5.91 Å². The lowest BCUT2D eigenvalue weighted by molar-refractivity contribution is -0.128. The number of aromatic nitrogens is 3. The number of hydrogen-bond donors (Lipinski definition) is 1. The van der Waals surface area contributed by atoms with Gasteiger partial charge in [0, 0.05) is 42.4 Å². The number of pyridine rings is 1. The summed E-state index contributed by atoms with van der Waals surface area (Å²) in [6.07, 6.45) is 6.77. The van der Waals surface area contributed by atoms with Crippen LogP contribution in [0.4, 0.5) is 0 Å². The Bertz CT molecular complexity index is 739. The first kappa shape index (κ1) is 18.5. The predicted octanol–water partition coefficient (Wildman–Crippen LogP) is 2.47. The summed E-state index contributed by atoms with van der Waals surface area (Å²) >= 11 is 0. The van der Waals surface area contributed by atoms with E-state index in [0.29, 0.717) is 6.54 Å². The van der Waals surface area contributed by atoms with E-state index in [9.17, 15) is 4.79 Å². The minimum Gasteiger partial charge on any atom is -0.351 e. The van der Waals surface area contributed by atoms with Gasteiger partial charge in [0.15, 0.2) is 0 Å². The summed E-state index contributed by atoms with van der Waals surface area (Å²) in [5.41, 5.74) is 4.03. The van der Waals surface area contributed by atoms with Crippen LogP contribution in [0.2, 0.25) is 0 Å². The first-order valence-corrected chi connectivity index (χ1v) is 9.26. The zero-order chi connectivity index (χ0) is 18.5. The van der Waals surface area contributed by atoms with E-state index in [1.165, 1.54) is 0 Å². The molecule has 1 atom stereocenters. The number of nitrogens with one attached hydrogen (secondary N) is 1. The number of hydrogen-bond acceptors (Lipinski definition) is 5. The summed E-state index contributed by atoms with van der Waals surface area (Å²) in [7, 11) is 0. The van der Waals surface area contributed by atoms with E-state index in [2.05, 4.69) is 31.2 Å². The van der Waals surface area contributed by atoms with E-state index in [1.807, 2.05) is 33.0 Å². The zero-order valence-corrected chi connectivity index (χ0v) is 15.8. The lowest BCUT2D eigenvalue weighted by Gasteiger charge is -2.34. The average molecular weight is 353 g/mol. The minimum atomic E-state index is -0.0871. The summed E-state index contributed by atoms with van der Waals surface area (Å²) in [6, 6.07) is 3.92. The van der Waals surface area contributed by atoms with Crippen molar-refractivity contribution in [2.75, 3.05) is 6.54 Å². The van der Waals surface area contributed by atoms with Gasteiger partial charge in [-0.15, -0.1) is 0 Å². The van der Waals surface area contributed by atoms with Crippen LogP contribution in [0, 0.1) is 20.8 Å². The monoisotopic (exact) mass is 353 g/mol. The molecular weight excluding hydrogens is 326 g/mol. The van der Waals surface area contributed by atoms with Crippen molar-refractivity contribution < 1.29 is 4.79 Å². The van der Waals surface area contributed by atoms with Crippen molar-refractivity contribution in [3.05, 3.63) is 52.9 Å². The number of rotatable bonds is 5. The molecule has 2 aromatic rings. The smallest absolute Gasteiger partial charge is 0.237 e. The maximum Gasteiger partial charge on any atom is 0.237 e. The first-order chi connectivity index (χ1) is 12.5. The number of amides is 1. The normalized spacial score (nSPS) is 17.9. The molecule has 1 aliphatic heterocycles. The van der Waals surface area contributed by atoms with E-state index < -0.39 is 0 Å². The van der Waals surface area contributed by atoms with Crippen LogP contribution in [0.25, 0.3) is 0 Å². The molecule has 0 spiro atoms. The van der Waals surface area contributed by atoms with Crippen molar-refractivity contribution in [1.29, 1.82) is 0 Å². The van der Waals surface area contributed by atoms with Crippen LogP contribution >= 0.6 is 0 Å². The Morgan fingerprint density at radius 1 is 1.23 bits per heavy atom. The fourth-order valence-corrected chi connectivity index (χ4v) is 3.66. The maximum absolute atomic E-state index is 12.9. The van der Waals surface area contributed by atoms with Gasteiger partial charge in [0.25, 0.3) is 0 Å². The number of carbonyl (C=O) groups is 1. The van der Waals surface area contributed by atoms with E-state index in [4.69, 9.17) is 0 Å². The zero-order valence-electron chi connectivity index (χ0n) is 15.8. The molecule has 0 bridgehead atoms. The Balaban J connectivity index is 1.65. The van der Waals surface area contributed by atoms with Crippen molar-refractivity contribution >= 4 is 5.91 Å². The number of likely N-dealkylation sites (tertiary alicyclic amines) is 1. The Labute approximate surface area is 155 Å². The second-order valence-corrected chi connectivity index (χ2v) is 6.98. The molecule has 6 heteroatoms. The molecule has 6 nitrogen and oxygen atoms in total. The molecule has 1 saturated heterocycles. The van der Waals surface area contributed by atoms with Gasteiger partial charge >= 0.3 is 0 Å². The van der Waals surface area contributed by atoms with E-state index >= 15 is 0 Å². The van der Waals surface area contributed by atoms with Gasteiger partial charge in [0.1, 0.15) is 5.82 Å². The first-order valence-electron chi connectivity index (χ1n) is 9.26. The molecule has 1 amide bonds. The minimum absolute atomic E-state index is 0.0871. The maximum atomic E-state index is 12.9. The van der Waals surface area contributed by atoms with E-state index in [0.717, 1.165) is 60.7 Å². The quantitative estimate of drug-likeness (QED) is 0.894. The molecule has 0 aliphatic carbocycles. The molecular formula is C20H27N5O. The highest BCUT2D eigenvalue weighted by Crippen LogP contribution is 2.20. The number of nitrogens with zero attached hydrogens (tertiary/aromatic N) is 4. The highest BCUT2D eigenvalue weighted by molar-refractivity contribution is 5.81. The van der Waals surface area contributed by atoms with Crippen LogP contribution in [-0.2, 0) is 17.9 Å². The summed E-state index contributed by atoms with van der Waals surface area (Å²) < 4.78 is 0. The van der Waals surface area contributed by atoms with Crippen molar-refractivity contribution in [3.63, 3.8) is 0 Å². The molecule has 3 heterocycles. The molecule has 1 aliphatic rings. The molecule has 26 heavy (non-hydrogen) atoms. The molecule has 0 saturated carbocycles. The van der Waals surface area contributed by atoms with Crippen molar-refractivity contribution in [1.82, 2.24) is 25.2 Å². The molecule has 1 unspecified atom stereocenters. The second kappa shape index (κ2) is 8.36. The topological polar surface area (TPSA) is 71.0 Å². The number of aryl methyl sites for hydroxylation is 3. The fourth-order valence-electron chi connectivity index (χ4n) is 3.66. The van der Waals surface area contributed by atoms with Crippen LogP contribution in [0.5, 0.6) is 0 Å². The van der Waals surface area contributed by atoms with E-state index in [1.54, 1.807) is 6.20 Å². The summed E-state index contributed by atoms with van der Waals surface area (Å²) in [6.45, 7) is 8.02. The third-order valence-corrected chi connectivity index (χ3v) is 5.00. The fraction of sp³-hybridized carbons (Fsp3) is 0.500. The lowest BCUT2D eigenvalue weighted by Crippen LogP contribution is -2.48. The van der Waals surface area contributed by atoms with Gasteiger partial charge in [0.05, 0.1) is 6.04 Å². The van der Waals surface area contributed by atoms with Gasteiger partial charge in [-0.1, -0.05) is 12.5 Å². The predicted molar refractivity (Wildman–Crippen MR) is 100 cm³/mol. The SMILES string of the molecule is Cc1nc(C)c(CNC(=O)C2CCCCN2Cc2cccnc2)c(C)n1. The molecule has 3 rings (SSSR count). The Hall–Kier alpha value is -2.34. The highest BCUT2D eigenvalue weighted by Gasteiger charge is 2.28. The largest absolute Gasteiger partial charge is 0.351 e. The van der Waals surface area contributed by atoms with Gasteiger partial charge in [-0.3, -0.25) is 14.7 Å². The Kier molecular flexibility index (Phi) is 5.93. The highest BCUT2D eigenvalue weighted by atomic mass is 16.2. The molecule has 0 radical (unpaired) electrons. The van der Waals surface area contributed by atoms with Crippen LogP contribution in [0.15, 0.2) is 24.5 Å². The van der Waals surface area contributed by atoms with Gasteiger partial charge in [-0.2, -0.15) is 0 Å². The molecule has 138 valence electrons. The standard InChI is InChI=1S/C20H27N5O/c1-14-18(15(2)24-16(3)23-14)12-22-20(26)19-8-4-5-10-25(19)13-17-7-6-9-21-11-17/h6-7,9,11,19H,4-5,8,10,12-13H2,1-3H3,(H,22,26). The van der Waals surface area contributed by atoms with Crippen molar-refractivity contribution in [2.24, 2.45) is 0 Å². The molecule has 2 aromatic heterocycles. The van der Waals surface area contributed by atoms with Crippen LogP contribution < -0.4 is 5.32 Å². The van der Waals surface area contributed by atoms with Gasteiger partial charge in [-0.05, 0) is 51.8 Å². The van der Waals surface area contributed by atoms with Crippen LogP contribution in [0.1, 0.15) is 47.6 Å². The van der Waals surface area contributed by atoms with Crippen LogP contribution in [-0.4, -0.2) is 38.3 Å². The molecule has 0 aromatic carbocycles. The van der Waals surface area contributed by atoms with Crippen molar-refractivity contribution in [2.45, 2.75) is 59.2 Å². The third-order valence-electron chi connectivity index (χ3n) is 5.00. The Morgan fingerprint density at radius 3 is 2.69 bits per heavy atom. The summed E-state index contributed by atoms with van der Waals surface area (Å²) in [5.74, 6) is 0.859.